The van der Waals surface area contributed by atoms with Crippen LogP contribution in [0.2, 0.25) is 15.1 Å². The van der Waals surface area contributed by atoms with Crippen LogP contribution in [0.5, 0.6) is 0 Å². The van der Waals surface area contributed by atoms with Crippen molar-refractivity contribution in [3.8, 4) is 11.1 Å². The van der Waals surface area contributed by atoms with Crippen LogP contribution < -0.4 is 0 Å². The first-order chi connectivity index (χ1) is 9.74. The predicted molar refractivity (Wildman–Crippen MR) is 84.5 cm³/mol. The predicted octanol–water partition coefficient (Wildman–Crippen LogP) is 7.23. The van der Waals surface area contributed by atoms with E-state index in [2.05, 4.69) is 15.9 Å². The van der Waals surface area contributed by atoms with E-state index < -0.39 is 11.7 Å². The third-order valence-corrected chi connectivity index (χ3v) is 4.28. The molecule has 0 aliphatic heterocycles. The summed E-state index contributed by atoms with van der Waals surface area (Å²) in [6.45, 7) is 0. The number of hydrogen-bond donors (Lipinski definition) is 0. The number of rotatable bonds is 2. The number of halogens is 7. The highest BCUT2D eigenvalue weighted by molar-refractivity contribution is 9.08. The molecule has 7 heteroatoms. The molecule has 0 spiro atoms. The van der Waals surface area contributed by atoms with Crippen LogP contribution in [0.3, 0.4) is 0 Å². The van der Waals surface area contributed by atoms with Crippen LogP contribution in [0.15, 0.2) is 30.3 Å². The van der Waals surface area contributed by atoms with Crippen molar-refractivity contribution in [2.24, 2.45) is 0 Å². The molecule has 0 amide bonds. The summed E-state index contributed by atoms with van der Waals surface area (Å²) < 4.78 is 39.8. The number of alkyl halides is 4. The Balaban J connectivity index is 2.75. The highest BCUT2D eigenvalue weighted by atomic mass is 79.9. The molecule has 2 aromatic carbocycles. The summed E-state index contributed by atoms with van der Waals surface area (Å²) in [7, 11) is 0. The van der Waals surface area contributed by atoms with E-state index >= 15 is 0 Å². The third-order valence-electron chi connectivity index (χ3n) is 2.82. The van der Waals surface area contributed by atoms with E-state index in [0.29, 0.717) is 10.9 Å². The molecule has 0 saturated heterocycles. The van der Waals surface area contributed by atoms with E-state index in [-0.39, 0.29) is 26.2 Å². The normalized spacial score (nSPS) is 11.8. The fourth-order valence-corrected chi connectivity index (χ4v) is 3.30. The molecule has 0 saturated carbocycles. The van der Waals surface area contributed by atoms with Crippen molar-refractivity contribution >= 4 is 50.7 Å². The Kier molecular flexibility index (Phi) is 5.14. The van der Waals surface area contributed by atoms with Crippen LogP contribution in [0, 0.1) is 0 Å². The van der Waals surface area contributed by atoms with Gasteiger partial charge in [0.25, 0.3) is 0 Å². The maximum atomic E-state index is 13.3. The average Bonchev–Trinajstić information content (AvgIpc) is 2.36. The summed E-state index contributed by atoms with van der Waals surface area (Å²) in [6.07, 6.45) is -4.51. The second-order valence-electron chi connectivity index (χ2n) is 4.26. The van der Waals surface area contributed by atoms with Gasteiger partial charge < -0.3 is 0 Å². The van der Waals surface area contributed by atoms with Gasteiger partial charge in [0.1, 0.15) is 0 Å². The van der Waals surface area contributed by atoms with E-state index in [1.54, 1.807) is 6.07 Å². The fraction of sp³-hybridized carbons (Fsp3) is 0.143. The molecule has 0 bridgehead atoms. The van der Waals surface area contributed by atoms with Crippen LogP contribution >= 0.6 is 50.7 Å². The van der Waals surface area contributed by atoms with E-state index in [1.165, 1.54) is 18.2 Å². The van der Waals surface area contributed by atoms with E-state index in [0.717, 1.165) is 6.07 Å². The summed E-state index contributed by atoms with van der Waals surface area (Å²) in [5, 5.41) is 0.729. The summed E-state index contributed by atoms with van der Waals surface area (Å²) in [5.74, 6) is 0. The van der Waals surface area contributed by atoms with Gasteiger partial charge in [-0.25, -0.2) is 0 Å². The summed E-state index contributed by atoms with van der Waals surface area (Å²) in [6, 6.07) is 6.75. The molecule has 2 aromatic rings. The second-order valence-corrected chi connectivity index (χ2v) is 6.07. The molecule has 0 nitrogen and oxygen atoms in total. The third kappa shape index (κ3) is 3.67. The summed E-state index contributed by atoms with van der Waals surface area (Å²) >= 11 is 21.0. The van der Waals surface area contributed by atoms with Gasteiger partial charge in [0.05, 0.1) is 15.6 Å². The van der Waals surface area contributed by atoms with Crippen LogP contribution in [0.1, 0.15) is 11.1 Å². The van der Waals surface area contributed by atoms with Gasteiger partial charge in [0, 0.05) is 15.9 Å². The first-order valence-corrected chi connectivity index (χ1v) is 7.90. The highest BCUT2D eigenvalue weighted by Gasteiger charge is 2.34. The molecular weight excluding hydrogens is 411 g/mol. The Morgan fingerprint density at radius 2 is 1.52 bits per heavy atom. The minimum atomic E-state index is -4.51. The second kappa shape index (κ2) is 6.37. The van der Waals surface area contributed by atoms with E-state index in [4.69, 9.17) is 34.8 Å². The van der Waals surface area contributed by atoms with Crippen LogP contribution in [0.25, 0.3) is 11.1 Å². The molecule has 0 unspecified atom stereocenters. The first kappa shape index (κ1) is 16.9. The molecule has 112 valence electrons. The average molecular weight is 418 g/mol. The molecular formula is C14H7BrCl3F3. The zero-order valence-electron chi connectivity index (χ0n) is 10.2. The van der Waals surface area contributed by atoms with Crippen LogP contribution in [0.4, 0.5) is 13.2 Å². The molecule has 2 rings (SSSR count). The molecule has 0 radical (unpaired) electrons. The zero-order valence-corrected chi connectivity index (χ0v) is 14.1. The summed E-state index contributed by atoms with van der Waals surface area (Å²) in [4.78, 5) is 0. The van der Waals surface area contributed by atoms with Crippen molar-refractivity contribution in [1.82, 2.24) is 0 Å². The van der Waals surface area contributed by atoms with Crippen molar-refractivity contribution in [3.05, 3.63) is 56.5 Å². The van der Waals surface area contributed by atoms with Crippen molar-refractivity contribution in [1.29, 1.82) is 0 Å². The topological polar surface area (TPSA) is 0 Å². The first-order valence-electron chi connectivity index (χ1n) is 5.65. The lowest BCUT2D eigenvalue weighted by Crippen LogP contribution is -2.08. The van der Waals surface area contributed by atoms with Gasteiger partial charge in [-0.1, -0.05) is 62.9 Å². The smallest absolute Gasteiger partial charge is 0.166 e. The van der Waals surface area contributed by atoms with Gasteiger partial charge in [-0.3, -0.25) is 0 Å². The van der Waals surface area contributed by atoms with Crippen molar-refractivity contribution in [2.75, 3.05) is 0 Å². The standard InChI is InChI=1S/C14H7BrCl3F3/c15-6-7-1-2-9(10(3-7)14(19,20)21)13-11(17)4-8(16)5-12(13)18/h1-5H,6H2. The minimum absolute atomic E-state index is 0.0705. The quantitative estimate of drug-likeness (QED) is 0.452. The Hall–Kier alpha value is -0.420. The summed E-state index contributed by atoms with van der Waals surface area (Å²) in [5.41, 5.74) is -0.229. The molecule has 0 aromatic heterocycles. The Morgan fingerprint density at radius 3 is 2.00 bits per heavy atom. The lowest BCUT2D eigenvalue weighted by atomic mass is 9.97. The molecule has 0 aliphatic rings. The zero-order chi connectivity index (χ0) is 15.8. The van der Waals surface area contributed by atoms with Crippen molar-refractivity contribution < 1.29 is 13.2 Å². The highest BCUT2D eigenvalue weighted by Crippen LogP contribution is 2.44. The van der Waals surface area contributed by atoms with Gasteiger partial charge in [-0.2, -0.15) is 13.2 Å². The van der Waals surface area contributed by atoms with E-state index in [9.17, 15) is 13.2 Å². The van der Waals surface area contributed by atoms with Gasteiger partial charge in [-0.15, -0.1) is 0 Å². The Bertz CT molecular complexity index is 661. The van der Waals surface area contributed by atoms with Gasteiger partial charge >= 0.3 is 6.18 Å². The van der Waals surface area contributed by atoms with Crippen LogP contribution in [-0.2, 0) is 11.5 Å². The minimum Gasteiger partial charge on any atom is -0.166 e. The Labute approximate surface area is 142 Å². The van der Waals surface area contributed by atoms with Gasteiger partial charge in [-0.05, 0) is 29.3 Å². The number of benzene rings is 2. The largest absolute Gasteiger partial charge is 0.417 e. The monoisotopic (exact) mass is 416 g/mol. The maximum absolute atomic E-state index is 13.3. The molecule has 0 heterocycles. The van der Waals surface area contributed by atoms with Gasteiger partial charge in [0.2, 0.25) is 0 Å². The van der Waals surface area contributed by atoms with Crippen LogP contribution in [-0.4, -0.2) is 0 Å². The van der Waals surface area contributed by atoms with Gasteiger partial charge in [0.15, 0.2) is 0 Å². The molecule has 0 aliphatic carbocycles. The van der Waals surface area contributed by atoms with E-state index in [1.807, 2.05) is 0 Å². The lowest BCUT2D eigenvalue weighted by molar-refractivity contribution is -0.137. The van der Waals surface area contributed by atoms with Crippen molar-refractivity contribution in [3.63, 3.8) is 0 Å². The SMILES string of the molecule is FC(F)(F)c1cc(CBr)ccc1-c1c(Cl)cc(Cl)cc1Cl. The Morgan fingerprint density at radius 1 is 0.952 bits per heavy atom. The number of hydrogen-bond acceptors (Lipinski definition) is 0. The molecule has 0 atom stereocenters. The molecule has 21 heavy (non-hydrogen) atoms. The molecule has 0 N–H and O–H groups in total. The van der Waals surface area contributed by atoms with Crippen molar-refractivity contribution in [2.45, 2.75) is 11.5 Å². The fourth-order valence-electron chi connectivity index (χ4n) is 1.93. The maximum Gasteiger partial charge on any atom is 0.417 e. The molecule has 0 fully saturated rings. The lowest BCUT2D eigenvalue weighted by Gasteiger charge is -2.16.